The highest BCUT2D eigenvalue weighted by molar-refractivity contribution is 5.76. The number of carbonyl (C=O) groups is 2. The topological polar surface area (TPSA) is 95.9 Å². The van der Waals surface area contributed by atoms with E-state index in [2.05, 4.69) is 55.6 Å². The van der Waals surface area contributed by atoms with Crippen molar-refractivity contribution in [3.63, 3.8) is 0 Å². The number of aliphatic hydroxyl groups is 2. The Bertz CT molecular complexity index is 1360. The molecule has 0 aromatic heterocycles. The van der Waals surface area contributed by atoms with Gasteiger partial charge in [-0.25, -0.2) is 0 Å². The minimum Gasteiger partial charge on any atom is -0.466 e. The third kappa shape index (κ3) is 69.2. The Labute approximate surface area is 525 Å². The third-order valence-corrected chi connectivity index (χ3v) is 17.9. The van der Waals surface area contributed by atoms with Crippen LogP contribution in [0.25, 0.3) is 0 Å². The van der Waals surface area contributed by atoms with Crippen LogP contribution in [-0.2, 0) is 14.3 Å². The van der Waals surface area contributed by atoms with Gasteiger partial charge in [-0.05, 0) is 83.5 Å². The minimum atomic E-state index is -0.671. The zero-order valence-electron chi connectivity index (χ0n) is 56.9. The lowest BCUT2D eigenvalue weighted by molar-refractivity contribution is -0.143. The Hall–Kier alpha value is -1.92. The van der Waals surface area contributed by atoms with E-state index in [0.29, 0.717) is 25.9 Å². The van der Waals surface area contributed by atoms with Crippen LogP contribution in [0.5, 0.6) is 0 Å². The molecular weight excluding hydrogens is 1030 g/mol. The first kappa shape index (κ1) is 82.1. The second-order valence-electron chi connectivity index (χ2n) is 26.3. The summed E-state index contributed by atoms with van der Waals surface area (Å²) in [5.41, 5.74) is 0. The molecule has 0 aliphatic heterocycles. The Morgan fingerprint density at radius 3 is 0.917 bits per heavy atom. The molecule has 0 heterocycles. The van der Waals surface area contributed by atoms with E-state index in [0.717, 1.165) is 51.4 Å². The predicted octanol–water partition coefficient (Wildman–Crippen LogP) is 25.0. The van der Waals surface area contributed by atoms with Crippen molar-refractivity contribution in [2.75, 3.05) is 13.2 Å². The summed E-state index contributed by atoms with van der Waals surface area (Å²) >= 11 is 0. The Morgan fingerprint density at radius 1 is 0.333 bits per heavy atom. The standard InChI is InChI=1S/C78H149NO5/c1-3-5-7-9-11-13-15-17-19-21-22-23-24-26-29-32-35-39-42-46-50-54-58-62-66-70-76(81)75(74-80)79-77(82)71-67-63-59-55-51-47-43-40-36-33-30-27-25-28-31-34-37-41-45-49-53-57-61-65-69-73-84-78(83)72-68-64-60-56-52-48-44-38-20-18-16-14-12-10-8-6-4-2/h18,20,27-28,30-31,75-76,80-81H,3-17,19,21-26,29,32-74H2,1-2H3,(H,79,82)/b20-18-,30-27-,31-28-. The number of rotatable bonds is 72. The lowest BCUT2D eigenvalue weighted by Crippen LogP contribution is -2.45. The summed E-state index contributed by atoms with van der Waals surface area (Å²) in [6, 6.07) is -0.548. The summed E-state index contributed by atoms with van der Waals surface area (Å²) in [5.74, 6) is -0.0297. The van der Waals surface area contributed by atoms with E-state index in [9.17, 15) is 19.8 Å². The second kappa shape index (κ2) is 73.5. The Morgan fingerprint density at radius 2 is 0.595 bits per heavy atom. The molecule has 6 nitrogen and oxygen atoms in total. The van der Waals surface area contributed by atoms with Crippen LogP contribution in [0.3, 0.4) is 0 Å². The molecule has 0 saturated heterocycles. The summed E-state index contributed by atoms with van der Waals surface area (Å²) in [6.45, 7) is 4.98. The molecule has 2 atom stereocenters. The molecule has 0 aromatic rings. The number of hydrogen-bond acceptors (Lipinski definition) is 5. The van der Waals surface area contributed by atoms with Crippen molar-refractivity contribution in [3.05, 3.63) is 36.5 Å². The molecule has 0 aliphatic carbocycles. The normalized spacial score (nSPS) is 12.7. The number of ether oxygens (including phenoxy) is 1. The van der Waals surface area contributed by atoms with Gasteiger partial charge in [0.25, 0.3) is 0 Å². The van der Waals surface area contributed by atoms with Gasteiger partial charge in [0.2, 0.25) is 5.91 Å². The van der Waals surface area contributed by atoms with Crippen LogP contribution >= 0.6 is 0 Å². The number of nitrogens with one attached hydrogen (secondary N) is 1. The molecule has 6 heteroatoms. The monoisotopic (exact) mass is 1180 g/mol. The third-order valence-electron chi connectivity index (χ3n) is 17.9. The molecule has 2 unspecified atom stereocenters. The predicted molar refractivity (Wildman–Crippen MR) is 370 cm³/mol. The smallest absolute Gasteiger partial charge is 0.305 e. The van der Waals surface area contributed by atoms with E-state index in [1.807, 2.05) is 0 Å². The fraction of sp³-hybridized carbons (Fsp3) is 0.897. The molecule has 1 amide bonds. The molecule has 0 spiro atoms. The molecule has 0 rings (SSSR count). The lowest BCUT2D eigenvalue weighted by Gasteiger charge is -2.22. The maximum absolute atomic E-state index is 12.6. The van der Waals surface area contributed by atoms with E-state index < -0.39 is 12.1 Å². The number of aliphatic hydroxyl groups excluding tert-OH is 2. The van der Waals surface area contributed by atoms with Crippen LogP contribution in [0.4, 0.5) is 0 Å². The summed E-state index contributed by atoms with van der Waals surface area (Å²) in [7, 11) is 0. The zero-order chi connectivity index (χ0) is 60.6. The number of amides is 1. The zero-order valence-corrected chi connectivity index (χ0v) is 56.9. The highest BCUT2D eigenvalue weighted by atomic mass is 16.5. The fourth-order valence-corrected chi connectivity index (χ4v) is 12.1. The van der Waals surface area contributed by atoms with Crippen molar-refractivity contribution in [2.24, 2.45) is 0 Å². The molecule has 3 N–H and O–H groups in total. The number of esters is 1. The van der Waals surface area contributed by atoms with Gasteiger partial charge in [-0.15, -0.1) is 0 Å². The summed E-state index contributed by atoms with van der Waals surface area (Å²) in [5, 5.41) is 23.5. The molecule has 0 saturated carbocycles. The number of carbonyl (C=O) groups excluding carboxylic acids is 2. The highest BCUT2D eigenvalue weighted by Crippen LogP contribution is 2.19. The SMILES string of the molecule is CCCCCCCC/C=C\CCCCCCCCCC(=O)OCCCCCCCCCCC/C=C\C/C=C\CCCCCCCCCCCC(=O)NC(CO)C(O)CCCCCCCCCCCCCCCCCCCCCCCCCCC. The average molecular weight is 1180 g/mol. The van der Waals surface area contributed by atoms with Crippen LogP contribution < -0.4 is 5.32 Å². The highest BCUT2D eigenvalue weighted by Gasteiger charge is 2.20. The average Bonchev–Trinajstić information content (AvgIpc) is 3.51. The molecule has 0 fully saturated rings. The first-order valence-electron chi connectivity index (χ1n) is 38.2. The summed E-state index contributed by atoms with van der Waals surface area (Å²) < 4.78 is 5.50. The van der Waals surface area contributed by atoms with Crippen LogP contribution in [0.1, 0.15) is 425 Å². The van der Waals surface area contributed by atoms with Crippen LogP contribution in [0.15, 0.2) is 36.5 Å². The number of unbranched alkanes of at least 4 members (excludes halogenated alkanes) is 55. The van der Waals surface area contributed by atoms with Gasteiger partial charge >= 0.3 is 5.97 Å². The molecule has 0 bridgehead atoms. The molecule has 0 aliphatic rings. The van der Waals surface area contributed by atoms with Gasteiger partial charge in [-0.1, -0.05) is 365 Å². The second-order valence-corrected chi connectivity index (χ2v) is 26.3. The van der Waals surface area contributed by atoms with Crippen LogP contribution in [0.2, 0.25) is 0 Å². The molecule has 496 valence electrons. The Balaban J connectivity index is 3.42. The lowest BCUT2D eigenvalue weighted by atomic mass is 10.0. The van der Waals surface area contributed by atoms with Gasteiger partial charge in [-0.3, -0.25) is 9.59 Å². The van der Waals surface area contributed by atoms with Crippen molar-refractivity contribution in [1.29, 1.82) is 0 Å². The molecule has 0 radical (unpaired) electrons. The molecular formula is C78H149NO5. The maximum atomic E-state index is 12.6. The van der Waals surface area contributed by atoms with Gasteiger partial charge in [0.1, 0.15) is 0 Å². The number of hydrogen-bond donors (Lipinski definition) is 3. The Kier molecular flexibility index (Phi) is 71.9. The van der Waals surface area contributed by atoms with E-state index in [-0.39, 0.29) is 18.5 Å². The van der Waals surface area contributed by atoms with Crippen molar-refractivity contribution in [3.8, 4) is 0 Å². The molecule has 84 heavy (non-hydrogen) atoms. The van der Waals surface area contributed by atoms with Gasteiger partial charge in [-0.2, -0.15) is 0 Å². The van der Waals surface area contributed by atoms with Gasteiger partial charge in [0.15, 0.2) is 0 Å². The van der Waals surface area contributed by atoms with Crippen LogP contribution in [-0.4, -0.2) is 47.4 Å². The van der Waals surface area contributed by atoms with E-state index >= 15 is 0 Å². The largest absolute Gasteiger partial charge is 0.466 e. The van der Waals surface area contributed by atoms with Crippen molar-refractivity contribution in [1.82, 2.24) is 5.32 Å². The minimum absolute atomic E-state index is 0.00658. The van der Waals surface area contributed by atoms with Gasteiger partial charge < -0.3 is 20.3 Å². The van der Waals surface area contributed by atoms with Crippen molar-refractivity contribution >= 4 is 11.9 Å². The van der Waals surface area contributed by atoms with Gasteiger partial charge in [0, 0.05) is 12.8 Å². The van der Waals surface area contributed by atoms with Crippen molar-refractivity contribution < 1.29 is 24.5 Å². The summed E-state index contributed by atoms with van der Waals surface area (Å²) in [6.07, 6.45) is 95.0. The van der Waals surface area contributed by atoms with Crippen LogP contribution in [0, 0.1) is 0 Å². The molecule has 0 aromatic carbocycles. The first-order valence-corrected chi connectivity index (χ1v) is 38.2. The van der Waals surface area contributed by atoms with E-state index in [1.165, 1.54) is 340 Å². The van der Waals surface area contributed by atoms with E-state index in [4.69, 9.17) is 4.74 Å². The summed E-state index contributed by atoms with van der Waals surface area (Å²) in [4.78, 5) is 24.7. The maximum Gasteiger partial charge on any atom is 0.305 e. The van der Waals surface area contributed by atoms with Crippen molar-refractivity contribution in [2.45, 2.75) is 437 Å². The quantitative estimate of drug-likeness (QED) is 0.0320. The number of allylic oxidation sites excluding steroid dienone is 6. The van der Waals surface area contributed by atoms with Gasteiger partial charge in [0.05, 0.1) is 25.4 Å². The first-order chi connectivity index (χ1) is 41.5. The van der Waals surface area contributed by atoms with E-state index in [1.54, 1.807) is 0 Å². The fourth-order valence-electron chi connectivity index (χ4n) is 12.1.